The summed E-state index contributed by atoms with van der Waals surface area (Å²) in [6.07, 6.45) is 9.60. The lowest BCUT2D eigenvalue weighted by Gasteiger charge is -2.33. The Hall–Kier alpha value is -4.66. The van der Waals surface area contributed by atoms with Crippen molar-refractivity contribution >= 4 is 17.6 Å². The molecule has 1 aromatic heterocycles. The number of aliphatic carboxylic acids is 1. The van der Waals surface area contributed by atoms with Gasteiger partial charge < -0.3 is 29.3 Å². The molecule has 3 fully saturated rings. The lowest BCUT2D eigenvalue weighted by Crippen LogP contribution is -2.44. The maximum Gasteiger partial charge on any atom is 0.320 e. The molecular formula is C45H51ClN4O6. The average molecular weight is 779 g/mol. The number of carboxylic acid groups (broad SMARTS) is 1. The van der Waals surface area contributed by atoms with Crippen molar-refractivity contribution in [1.29, 1.82) is 5.26 Å². The summed E-state index contributed by atoms with van der Waals surface area (Å²) >= 11 is 6.87. The fraction of sp³-hybridized carbons (Fsp3) is 0.444. The highest BCUT2D eigenvalue weighted by Gasteiger charge is 2.54. The molecule has 1 spiro atoms. The summed E-state index contributed by atoms with van der Waals surface area (Å²) in [7, 11) is 0. The van der Waals surface area contributed by atoms with E-state index in [0.29, 0.717) is 48.2 Å². The first kappa shape index (κ1) is 39.6. The van der Waals surface area contributed by atoms with Crippen LogP contribution in [0.25, 0.3) is 11.1 Å². The molecule has 1 aliphatic carbocycles. The van der Waals surface area contributed by atoms with E-state index in [1.165, 1.54) is 6.20 Å². The minimum atomic E-state index is -0.831. The van der Waals surface area contributed by atoms with Crippen LogP contribution in [0.1, 0.15) is 78.3 Å². The molecule has 3 aliphatic rings. The van der Waals surface area contributed by atoms with Crippen LogP contribution in [0.4, 0.5) is 0 Å². The van der Waals surface area contributed by atoms with E-state index in [1.54, 1.807) is 18.3 Å². The van der Waals surface area contributed by atoms with Crippen molar-refractivity contribution in [2.45, 2.75) is 90.7 Å². The van der Waals surface area contributed by atoms with Gasteiger partial charge in [-0.3, -0.25) is 14.7 Å². The number of aliphatic hydroxyl groups is 1. The Morgan fingerprint density at radius 3 is 2.43 bits per heavy atom. The highest BCUT2D eigenvalue weighted by Crippen LogP contribution is 2.53. The second-order valence-electron chi connectivity index (χ2n) is 15.6. The third-order valence-corrected chi connectivity index (χ3v) is 12.3. The summed E-state index contributed by atoms with van der Waals surface area (Å²) < 4.78 is 19.1. The molecule has 4 aromatic rings. The largest absolute Gasteiger partial charge is 0.493 e. The van der Waals surface area contributed by atoms with Crippen molar-refractivity contribution in [3.63, 3.8) is 0 Å². The molecule has 0 radical (unpaired) electrons. The number of halogens is 1. The Morgan fingerprint density at radius 1 is 0.929 bits per heavy atom. The van der Waals surface area contributed by atoms with Gasteiger partial charge >= 0.3 is 5.97 Å². The fourth-order valence-corrected chi connectivity index (χ4v) is 8.56. The first-order valence-electron chi connectivity index (χ1n) is 19.7. The zero-order valence-corrected chi connectivity index (χ0v) is 33.1. The molecule has 10 nitrogen and oxygen atoms in total. The van der Waals surface area contributed by atoms with Gasteiger partial charge in [-0.2, -0.15) is 5.26 Å². The number of carboxylic acids is 1. The second kappa shape index (κ2) is 17.6. The SMILES string of the molecule is Cc1c(COc2cc(OCc3cncc(C#N)c3)c(CN3CCCC[C@H]3C(=O)O)cc2Cl)cccc1-c1cccc(OCCCN2CCC3(CC2)CC3O)c1C. The van der Waals surface area contributed by atoms with E-state index in [0.717, 1.165) is 103 Å². The van der Waals surface area contributed by atoms with Crippen molar-refractivity contribution in [1.82, 2.24) is 14.8 Å². The van der Waals surface area contributed by atoms with Crippen LogP contribution in [-0.4, -0.2) is 75.9 Å². The van der Waals surface area contributed by atoms with Gasteiger partial charge in [-0.15, -0.1) is 0 Å². The van der Waals surface area contributed by atoms with E-state index in [9.17, 15) is 20.3 Å². The summed E-state index contributed by atoms with van der Waals surface area (Å²) in [5, 5.41) is 29.7. The Labute approximate surface area is 334 Å². The maximum atomic E-state index is 12.1. The molecule has 3 aromatic carbocycles. The number of aromatic nitrogens is 1. The molecule has 2 atom stereocenters. The normalized spacial score (nSPS) is 19.3. The molecule has 3 heterocycles. The maximum absolute atomic E-state index is 12.1. The summed E-state index contributed by atoms with van der Waals surface area (Å²) in [5.74, 6) is 1.04. The molecule has 294 valence electrons. The van der Waals surface area contributed by atoms with Crippen molar-refractivity contribution < 1.29 is 29.2 Å². The van der Waals surface area contributed by atoms with Gasteiger partial charge in [0.05, 0.1) is 23.3 Å². The van der Waals surface area contributed by atoms with Crippen LogP contribution >= 0.6 is 11.6 Å². The number of hydrogen-bond acceptors (Lipinski definition) is 9. The second-order valence-corrected chi connectivity index (χ2v) is 16.0. The van der Waals surface area contributed by atoms with E-state index >= 15 is 0 Å². The highest BCUT2D eigenvalue weighted by atomic mass is 35.5. The molecule has 1 saturated carbocycles. The molecule has 2 saturated heterocycles. The predicted octanol–water partition coefficient (Wildman–Crippen LogP) is 8.10. The van der Waals surface area contributed by atoms with Crippen LogP contribution < -0.4 is 14.2 Å². The standard InChI is InChI=1S/C45H51ClN4O6/c1-30-34(8-5-9-36(30)37-10-6-12-40(31(37)2)54-19-7-15-49-17-13-45(14-18-49)23-43(45)51)29-56-42-22-41(55-28-33-20-32(24-47)25-48-26-33)35(21-38(42)46)27-50-16-4-3-11-39(50)44(52)53/h5-6,8-10,12,20-22,25-26,39,43,51H,3-4,7,11,13-19,23,27-29H2,1-2H3,(H,52,53)/t39-,43?/m0/s1. The zero-order chi connectivity index (χ0) is 39.2. The number of nitriles is 1. The van der Waals surface area contributed by atoms with Crippen LogP contribution in [0.3, 0.4) is 0 Å². The van der Waals surface area contributed by atoms with Crippen molar-refractivity contribution in [3.05, 3.63) is 105 Å². The molecular weight excluding hydrogens is 728 g/mol. The van der Waals surface area contributed by atoms with Gasteiger partial charge in [0.1, 0.15) is 42.6 Å². The van der Waals surface area contributed by atoms with Crippen LogP contribution in [0, 0.1) is 30.6 Å². The van der Waals surface area contributed by atoms with E-state index in [-0.39, 0.29) is 24.7 Å². The number of benzene rings is 3. The summed E-state index contributed by atoms with van der Waals surface area (Å²) in [5.41, 5.74) is 7.55. The van der Waals surface area contributed by atoms with Crippen molar-refractivity contribution in [2.24, 2.45) is 5.41 Å². The third-order valence-electron chi connectivity index (χ3n) is 12.0. The highest BCUT2D eigenvalue weighted by molar-refractivity contribution is 6.32. The summed E-state index contributed by atoms with van der Waals surface area (Å²) in [6, 6.07) is 19.3. The van der Waals surface area contributed by atoms with Crippen LogP contribution in [0.15, 0.2) is 67.0 Å². The van der Waals surface area contributed by atoms with Crippen molar-refractivity contribution in [3.8, 4) is 34.4 Å². The Morgan fingerprint density at radius 2 is 1.68 bits per heavy atom. The van der Waals surface area contributed by atoms with Gasteiger partial charge in [-0.05, 0) is 118 Å². The van der Waals surface area contributed by atoms with E-state index < -0.39 is 12.0 Å². The number of hydrogen-bond donors (Lipinski definition) is 2. The molecule has 1 unspecified atom stereocenters. The molecule has 2 aliphatic heterocycles. The van der Waals surface area contributed by atoms with Gasteiger partial charge in [0.25, 0.3) is 0 Å². The van der Waals surface area contributed by atoms with Crippen LogP contribution in [0.5, 0.6) is 17.2 Å². The smallest absolute Gasteiger partial charge is 0.320 e. The van der Waals surface area contributed by atoms with Gasteiger partial charge in [0.2, 0.25) is 0 Å². The third kappa shape index (κ3) is 9.14. The molecule has 11 heteroatoms. The first-order chi connectivity index (χ1) is 27.1. The van der Waals surface area contributed by atoms with Gasteiger partial charge in [0, 0.05) is 48.1 Å². The Balaban J connectivity index is 1.03. The Bertz CT molecular complexity index is 2080. The first-order valence-corrected chi connectivity index (χ1v) is 20.1. The Kier molecular flexibility index (Phi) is 12.5. The number of carbonyl (C=O) groups is 1. The monoisotopic (exact) mass is 778 g/mol. The molecule has 0 bridgehead atoms. The van der Waals surface area contributed by atoms with Gasteiger partial charge in [-0.25, -0.2) is 0 Å². The number of pyridine rings is 1. The number of rotatable bonds is 15. The summed E-state index contributed by atoms with van der Waals surface area (Å²) in [4.78, 5) is 20.7. The quantitative estimate of drug-likeness (QED) is 0.114. The number of piperidine rings is 2. The lowest BCUT2D eigenvalue weighted by molar-refractivity contribution is -0.144. The number of nitrogens with zero attached hydrogens (tertiary/aromatic N) is 4. The van der Waals surface area contributed by atoms with Crippen LogP contribution in [0.2, 0.25) is 5.02 Å². The number of likely N-dealkylation sites (tertiary alicyclic amines) is 2. The fourth-order valence-electron chi connectivity index (χ4n) is 8.32. The minimum Gasteiger partial charge on any atom is -0.493 e. The van der Waals surface area contributed by atoms with E-state index in [4.69, 9.17) is 25.8 Å². The molecule has 0 amide bonds. The minimum absolute atomic E-state index is 0.0814. The van der Waals surface area contributed by atoms with Crippen LogP contribution in [-0.2, 0) is 24.6 Å². The molecule has 7 rings (SSSR count). The van der Waals surface area contributed by atoms with E-state index in [2.05, 4.69) is 48.0 Å². The van der Waals surface area contributed by atoms with Gasteiger partial charge in [0.15, 0.2) is 0 Å². The van der Waals surface area contributed by atoms with Gasteiger partial charge in [-0.1, -0.05) is 48.4 Å². The average Bonchev–Trinajstić information content (AvgIpc) is 3.84. The van der Waals surface area contributed by atoms with E-state index in [1.807, 2.05) is 29.2 Å². The topological polar surface area (TPSA) is 128 Å². The predicted molar refractivity (Wildman–Crippen MR) is 215 cm³/mol. The summed E-state index contributed by atoms with van der Waals surface area (Å²) in [6.45, 7) is 9.43. The zero-order valence-electron chi connectivity index (χ0n) is 32.3. The molecule has 2 N–H and O–H groups in total. The number of aliphatic hydroxyl groups excluding tert-OH is 1. The lowest BCUT2D eigenvalue weighted by atomic mass is 9.93. The number of ether oxygens (including phenoxy) is 3. The van der Waals surface area contributed by atoms with Crippen molar-refractivity contribution in [2.75, 3.05) is 32.8 Å². The molecule has 56 heavy (non-hydrogen) atoms.